The van der Waals surface area contributed by atoms with Gasteiger partial charge in [-0.15, -0.1) is 0 Å². The number of aliphatic hydroxyl groups is 2. The summed E-state index contributed by atoms with van der Waals surface area (Å²) in [6.07, 6.45) is -3.05. The molecular weight excluding hydrogens is 603 g/mol. The lowest BCUT2D eigenvalue weighted by Crippen LogP contribution is -2.44. The first kappa shape index (κ1) is 35.6. The molecule has 2 aromatic rings. The number of hydrogen-bond acceptors (Lipinski definition) is 15. The van der Waals surface area contributed by atoms with Crippen LogP contribution in [0.2, 0.25) is 0 Å². The van der Waals surface area contributed by atoms with Crippen LogP contribution < -0.4 is 15.6 Å². The number of esters is 2. The fraction of sp³-hybridized carbons (Fsp3) is 0.731. The van der Waals surface area contributed by atoms with Crippen LogP contribution >= 0.6 is 7.75 Å². The van der Waals surface area contributed by atoms with E-state index in [0.717, 1.165) is 0 Å². The second kappa shape index (κ2) is 14.9. The van der Waals surface area contributed by atoms with Crippen molar-refractivity contribution in [2.24, 2.45) is 5.92 Å². The van der Waals surface area contributed by atoms with E-state index in [1.807, 2.05) is 13.8 Å². The van der Waals surface area contributed by atoms with E-state index in [0.29, 0.717) is 0 Å². The number of nitrogens with one attached hydrogen (secondary N) is 1. The summed E-state index contributed by atoms with van der Waals surface area (Å²) in [5.74, 6) is -1.53. The van der Waals surface area contributed by atoms with Crippen LogP contribution in [0.3, 0.4) is 0 Å². The Balaban J connectivity index is 1.86. The molecule has 248 valence electrons. The number of nitrogens with two attached hydrogens (primary N) is 1. The predicted molar refractivity (Wildman–Crippen MR) is 155 cm³/mol. The van der Waals surface area contributed by atoms with Crippen molar-refractivity contribution < 1.29 is 52.4 Å². The number of imidazole rings is 1. The van der Waals surface area contributed by atoms with Crippen LogP contribution in [0.25, 0.3) is 11.2 Å². The van der Waals surface area contributed by atoms with Crippen molar-refractivity contribution in [3.8, 4) is 5.88 Å². The van der Waals surface area contributed by atoms with Gasteiger partial charge < -0.3 is 34.9 Å². The molecule has 0 bridgehead atoms. The highest BCUT2D eigenvalue weighted by Crippen LogP contribution is 2.47. The van der Waals surface area contributed by atoms with Crippen LogP contribution in [0.4, 0.5) is 5.95 Å². The second-order valence-corrected chi connectivity index (χ2v) is 12.8. The molecule has 5 N–H and O–H groups in total. The molecule has 2 aromatic heterocycles. The number of nitrogens with zero attached hydrogens (tertiary/aromatic N) is 4. The van der Waals surface area contributed by atoms with Crippen LogP contribution in [0, 0.1) is 5.92 Å². The molecule has 6 atom stereocenters. The summed E-state index contributed by atoms with van der Waals surface area (Å²) >= 11 is 0. The Hall–Kier alpha value is -2.92. The molecule has 44 heavy (non-hydrogen) atoms. The molecule has 2 unspecified atom stereocenters. The predicted octanol–water partition coefficient (Wildman–Crippen LogP) is 1.48. The molecule has 0 saturated carbocycles. The van der Waals surface area contributed by atoms with Gasteiger partial charge in [0.05, 0.1) is 32.3 Å². The van der Waals surface area contributed by atoms with E-state index < -0.39 is 69.1 Å². The van der Waals surface area contributed by atoms with E-state index in [1.165, 1.54) is 17.8 Å². The Morgan fingerprint density at radius 3 is 2.52 bits per heavy atom. The minimum Gasteiger partial charge on any atom is -0.476 e. The maximum absolute atomic E-state index is 13.9. The summed E-state index contributed by atoms with van der Waals surface area (Å²) in [7, 11) is -4.46. The summed E-state index contributed by atoms with van der Waals surface area (Å²) in [6.45, 7) is 10.7. The third-order valence-corrected chi connectivity index (χ3v) is 8.00. The third-order valence-electron chi connectivity index (χ3n) is 6.42. The molecule has 17 nitrogen and oxygen atoms in total. The number of aromatic nitrogens is 4. The largest absolute Gasteiger partial charge is 0.476 e. The maximum Gasteiger partial charge on any atom is 0.406 e. The molecule has 1 aliphatic rings. The summed E-state index contributed by atoms with van der Waals surface area (Å²) in [4.78, 5) is 37.4. The van der Waals surface area contributed by atoms with E-state index in [1.54, 1.807) is 27.7 Å². The Morgan fingerprint density at radius 1 is 1.20 bits per heavy atom. The number of anilines is 1. The van der Waals surface area contributed by atoms with Crippen molar-refractivity contribution in [3.05, 3.63) is 6.33 Å². The van der Waals surface area contributed by atoms with E-state index in [9.17, 15) is 24.4 Å². The molecule has 1 fully saturated rings. The molecular formula is C26H43N6O11P. The first-order valence-electron chi connectivity index (χ1n) is 14.3. The standard InChI is InChI=1S/C26H43N6O11P/c1-8-38-18(33)12-41-44(37,31-16(10-14(3)4)23(35)42-15(5)6)40-11-17-20(34)26(7,36)24(43-17)32-13-28-19-21(32)29-25(27)30-22(19)39-9-2/h13-17,20,24,34,36H,8-12H2,1-7H3,(H,31,37)(H2,27,29,30)/t16-,17+,20?,24+,26-,44?/m0/s1. The number of nitrogen functional groups attached to an aromatic ring is 1. The topological polar surface area (TPSA) is 229 Å². The van der Waals surface area contributed by atoms with Gasteiger partial charge in [-0.25, -0.2) is 19.4 Å². The van der Waals surface area contributed by atoms with Crippen molar-refractivity contribution >= 4 is 36.8 Å². The first-order valence-corrected chi connectivity index (χ1v) is 15.9. The Labute approximate surface area is 255 Å². The van der Waals surface area contributed by atoms with Crippen LogP contribution in [-0.4, -0.2) is 98.1 Å². The quantitative estimate of drug-likeness (QED) is 0.149. The zero-order valence-electron chi connectivity index (χ0n) is 26.0. The Bertz CT molecular complexity index is 1340. The number of aliphatic hydroxyl groups excluding tert-OH is 1. The van der Waals surface area contributed by atoms with E-state index >= 15 is 0 Å². The highest BCUT2D eigenvalue weighted by molar-refractivity contribution is 7.51. The molecule has 1 saturated heterocycles. The number of fused-ring (bicyclic) bond motifs is 1. The minimum absolute atomic E-state index is 0.0346. The van der Waals surface area contributed by atoms with Crippen molar-refractivity contribution in [2.45, 2.75) is 91.1 Å². The van der Waals surface area contributed by atoms with Gasteiger partial charge in [0.15, 0.2) is 24.0 Å². The highest BCUT2D eigenvalue weighted by Gasteiger charge is 2.54. The number of ether oxygens (including phenoxy) is 4. The van der Waals surface area contributed by atoms with Crippen LogP contribution in [0.1, 0.15) is 61.1 Å². The fourth-order valence-electron chi connectivity index (χ4n) is 4.50. The van der Waals surface area contributed by atoms with Crippen molar-refractivity contribution in [1.29, 1.82) is 0 Å². The molecule has 0 aromatic carbocycles. The van der Waals surface area contributed by atoms with Gasteiger partial charge in [0.1, 0.15) is 23.9 Å². The molecule has 0 radical (unpaired) electrons. The smallest absolute Gasteiger partial charge is 0.406 e. The Morgan fingerprint density at radius 2 is 1.91 bits per heavy atom. The molecule has 0 amide bonds. The van der Waals surface area contributed by atoms with Crippen molar-refractivity contribution in [3.63, 3.8) is 0 Å². The lowest BCUT2D eigenvalue weighted by molar-refractivity contribution is -0.150. The average molecular weight is 647 g/mol. The molecule has 0 aliphatic carbocycles. The van der Waals surface area contributed by atoms with Gasteiger partial charge in [-0.2, -0.15) is 9.97 Å². The highest BCUT2D eigenvalue weighted by atomic mass is 31.2. The number of carbonyl (C=O) groups excluding carboxylic acids is 2. The number of carbonyl (C=O) groups is 2. The van der Waals surface area contributed by atoms with Crippen molar-refractivity contribution in [2.75, 3.05) is 32.2 Å². The SMILES string of the molecule is CCOC(=O)COP(=O)(N[C@@H](CC(C)C)C(=O)OC(C)C)OC[C@H]1O[C@@H](n2cnc3c(OCC)nc(N)nc32)[C@@](C)(O)C1O. The minimum atomic E-state index is -4.46. The summed E-state index contributed by atoms with van der Waals surface area (Å²) in [6, 6.07) is -1.13. The van der Waals surface area contributed by atoms with Gasteiger partial charge in [-0.05, 0) is 47.0 Å². The fourth-order valence-corrected chi connectivity index (χ4v) is 5.93. The summed E-state index contributed by atoms with van der Waals surface area (Å²) < 4.78 is 47.9. The Kier molecular flexibility index (Phi) is 12.0. The number of hydrogen-bond donors (Lipinski definition) is 4. The van der Waals surface area contributed by atoms with Gasteiger partial charge in [0, 0.05) is 0 Å². The lowest BCUT2D eigenvalue weighted by Gasteiger charge is -2.28. The van der Waals surface area contributed by atoms with E-state index in [4.69, 9.17) is 33.7 Å². The van der Waals surface area contributed by atoms with Gasteiger partial charge in [-0.1, -0.05) is 13.8 Å². The summed E-state index contributed by atoms with van der Waals surface area (Å²) in [5, 5.41) is 24.9. The lowest BCUT2D eigenvalue weighted by atomic mass is 9.96. The van der Waals surface area contributed by atoms with E-state index in [2.05, 4.69) is 20.0 Å². The zero-order chi connectivity index (χ0) is 32.8. The average Bonchev–Trinajstić information content (AvgIpc) is 3.43. The van der Waals surface area contributed by atoms with Gasteiger partial charge >= 0.3 is 19.7 Å². The van der Waals surface area contributed by atoms with E-state index in [-0.39, 0.29) is 48.5 Å². The van der Waals surface area contributed by atoms with Crippen LogP contribution in [-0.2, 0) is 37.4 Å². The zero-order valence-corrected chi connectivity index (χ0v) is 26.9. The molecule has 1 aliphatic heterocycles. The molecule has 3 heterocycles. The van der Waals surface area contributed by atoms with Crippen LogP contribution in [0.5, 0.6) is 5.88 Å². The van der Waals surface area contributed by atoms with Crippen LogP contribution in [0.15, 0.2) is 6.33 Å². The summed E-state index contributed by atoms with van der Waals surface area (Å²) in [5.41, 5.74) is 4.34. The van der Waals surface area contributed by atoms with Crippen molar-refractivity contribution in [1.82, 2.24) is 24.6 Å². The molecule has 3 rings (SSSR count). The number of rotatable bonds is 16. The third kappa shape index (κ3) is 8.62. The van der Waals surface area contributed by atoms with Gasteiger partial charge in [0.2, 0.25) is 11.8 Å². The second-order valence-electron chi connectivity index (χ2n) is 11.0. The molecule has 18 heteroatoms. The van der Waals surface area contributed by atoms with Gasteiger partial charge in [-0.3, -0.25) is 18.4 Å². The first-order chi connectivity index (χ1) is 20.6. The van der Waals surface area contributed by atoms with Gasteiger partial charge in [0.25, 0.3) is 0 Å². The molecule has 0 spiro atoms. The maximum atomic E-state index is 13.9. The normalized spacial score (nSPS) is 24.0. The monoisotopic (exact) mass is 646 g/mol.